The molecular formula is C14H25N3O2. The average Bonchev–Trinajstić information content (AvgIpc) is 3.13. The summed E-state index contributed by atoms with van der Waals surface area (Å²) >= 11 is 0. The Bertz CT molecular complexity index is 344. The fourth-order valence-electron chi connectivity index (χ4n) is 3.47. The van der Waals surface area contributed by atoms with Gasteiger partial charge in [-0.05, 0) is 38.6 Å². The molecule has 1 saturated carbocycles. The number of hydrogen-bond donors (Lipinski definition) is 3. The van der Waals surface area contributed by atoms with Gasteiger partial charge in [0, 0.05) is 30.6 Å². The van der Waals surface area contributed by atoms with Gasteiger partial charge in [0.25, 0.3) is 0 Å². The Kier molecular flexibility index (Phi) is 3.67. The van der Waals surface area contributed by atoms with Gasteiger partial charge in [-0.25, -0.2) is 4.79 Å². The zero-order valence-corrected chi connectivity index (χ0v) is 11.5. The Balaban J connectivity index is 1.44. The molecule has 108 valence electrons. The van der Waals surface area contributed by atoms with Crippen LogP contribution in [0.2, 0.25) is 0 Å². The molecule has 2 heterocycles. The van der Waals surface area contributed by atoms with Crippen LogP contribution >= 0.6 is 0 Å². The van der Waals surface area contributed by atoms with E-state index in [1.807, 2.05) is 0 Å². The summed E-state index contributed by atoms with van der Waals surface area (Å²) < 4.78 is 0. The summed E-state index contributed by atoms with van der Waals surface area (Å²) in [5.41, 5.74) is -0.0100. The monoisotopic (exact) mass is 267 g/mol. The summed E-state index contributed by atoms with van der Waals surface area (Å²) in [6, 6.07) is 0.800. The van der Waals surface area contributed by atoms with Crippen LogP contribution in [0.3, 0.4) is 0 Å². The molecule has 5 heteroatoms. The standard InChI is InChI=1S/C14H25N3O2/c18-10-14(5-6-14)9-15-13(19)16-11-4-8-17-7-2-1-3-12(11)17/h11-12,18H,1-10H2,(H2,15,16,19). The van der Waals surface area contributed by atoms with Crippen molar-refractivity contribution in [3.63, 3.8) is 0 Å². The molecule has 2 saturated heterocycles. The van der Waals surface area contributed by atoms with Gasteiger partial charge in [0.2, 0.25) is 0 Å². The van der Waals surface area contributed by atoms with Gasteiger partial charge in [-0.2, -0.15) is 0 Å². The van der Waals surface area contributed by atoms with Crippen molar-refractivity contribution in [3.05, 3.63) is 0 Å². The average molecular weight is 267 g/mol. The number of hydrogen-bond acceptors (Lipinski definition) is 3. The Labute approximate surface area is 114 Å². The van der Waals surface area contributed by atoms with Gasteiger partial charge < -0.3 is 15.7 Å². The zero-order chi connectivity index (χ0) is 13.3. The van der Waals surface area contributed by atoms with Crippen LogP contribution in [-0.4, -0.2) is 54.4 Å². The maximum absolute atomic E-state index is 11.9. The number of nitrogens with zero attached hydrogens (tertiary/aromatic N) is 1. The zero-order valence-electron chi connectivity index (χ0n) is 11.5. The van der Waals surface area contributed by atoms with Crippen LogP contribution < -0.4 is 10.6 Å². The highest BCUT2D eigenvalue weighted by atomic mass is 16.3. The summed E-state index contributed by atoms with van der Waals surface area (Å²) in [6.45, 7) is 3.11. The van der Waals surface area contributed by atoms with E-state index in [4.69, 9.17) is 0 Å². The molecule has 3 rings (SSSR count). The number of rotatable bonds is 4. The Morgan fingerprint density at radius 3 is 2.84 bits per heavy atom. The third-order valence-corrected chi connectivity index (χ3v) is 5.09. The molecule has 0 aromatic rings. The highest BCUT2D eigenvalue weighted by Crippen LogP contribution is 2.44. The van der Waals surface area contributed by atoms with Crippen molar-refractivity contribution in [2.24, 2.45) is 5.41 Å². The van der Waals surface area contributed by atoms with Crippen molar-refractivity contribution in [1.82, 2.24) is 15.5 Å². The third kappa shape index (κ3) is 2.87. The lowest BCUT2D eigenvalue weighted by Gasteiger charge is -2.32. The molecule has 1 aliphatic carbocycles. The molecule has 5 nitrogen and oxygen atoms in total. The first-order valence-electron chi connectivity index (χ1n) is 7.62. The lowest BCUT2D eigenvalue weighted by atomic mass is 9.99. The maximum atomic E-state index is 11.9. The van der Waals surface area contributed by atoms with Crippen molar-refractivity contribution in [3.8, 4) is 0 Å². The van der Waals surface area contributed by atoms with E-state index in [2.05, 4.69) is 15.5 Å². The highest BCUT2D eigenvalue weighted by molar-refractivity contribution is 5.74. The van der Waals surface area contributed by atoms with Crippen molar-refractivity contribution in [1.29, 1.82) is 0 Å². The second-order valence-corrected chi connectivity index (χ2v) is 6.48. The first-order chi connectivity index (χ1) is 9.22. The molecular weight excluding hydrogens is 242 g/mol. The molecule has 2 amide bonds. The van der Waals surface area contributed by atoms with E-state index in [9.17, 15) is 9.90 Å². The predicted molar refractivity (Wildman–Crippen MR) is 72.9 cm³/mol. The molecule has 0 bridgehead atoms. The van der Waals surface area contributed by atoms with E-state index >= 15 is 0 Å². The molecule has 2 atom stereocenters. The van der Waals surface area contributed by atoms with Gasteiger partial charge in [-0.1, -0.05) is 6.42 Å². The van der Waals surface area contributed by atoms with Crippen LogP contribution in [0.4, 0.5) is 4.79 Å². The Hall–Kier alpha value is -0.810. The van der Waals surface area contributed by atoms with Crippen molar-refractivity contribution >= 4 is 6.03 Å². The van der Waals surface area contributed by atoms with Crippen molar-refractivity contribution in [2.75, 3.05) is 26.2 Å². The molecule has 0 radical (unpaired) electrons. The molecule has 3 N–H and O–H groups in total. The topological polar surface area (TPSA) is 64.6 Å². The number of aliphatic hydroxyl groups is 1. The quantitative estimate of drug-likeness (QED) is 0.702. The van der Waals surface area contributed by atoms with Crippen LogP contribution in [0, 0.1) is 5.41 Å². The summed E-state index contributed by atoms with van der Waals surface area (Å²) in [7, 11) is 0. The fourth-order valence-corrected chi connectivity index (χ4v) is 3.47. The van der Waals surface area contributed by atoms with Gasteiger partial charge in [0.15, 0.2) is 0 Å². The number of urea groups is 1. The Morgan fingerprint density at radius 2 is 2.11 bits per heavy atom. The van der Waals surface area contributed by atoms with E-state index < -0.39 is 0 Å². The maximum Gasteiger partial charge on any atom is 0.315 e. The number of aliphatic hydroxyl groups excluding tert-OH is 1. The molecule has 3 aliphatic rings. The molecule has 3 fully saturated rings. The number of fused-ring (bicyclic) bond motifs is 1. The van der Waals surface area contributed by atoms with Crippen LogP contribution in [0.5, 0.6) is 0 Å². The lowest BCUT2D eigenvalue weighted by Crippen LogP contribution is -2.50. The minimum absolute atomic E-state index is 0.0100. The SMILES string of the molecule is O=C(NCC1(CO)CC1)NC1CCN2CCCCC12. The van der Waals surface area contributed by atoms with Crippen LogP contribution in [0.25, 0.3) is 0 Å². The largest absolute Gasteiger partial charge is 0.396 e. The van der Waals surface area contributed by atoms with Gasteiger partial charge in [0.1, 0.15) is 0 Å². The highest BCUT2D eigenvalue weighted by Gasteiger charge is 2.42. The van der Waals surface area contributed by atoms with Gasteiger partial charge in [-0.3, -0.25) is 4.90 Å². The van der Waals surface area contributed by atoms with E-state index in [1.54, 1.807) is 0 Å². The van der Waals surface area contributed by atoms with Crippen molar-refractivity contribution in [2.45, 2.75) is 50.6 Å². The van der Waals surface area contributed by atoms with Crippen molar-refractivity contribution < 1.29 is 9.90 Å². The molecule has 2 aliphatic heterocycles. The lowest BCUT2D eigenvalue weighted by molar-refractivity contribution is 0.177. The second-order valence-electron chi connectivity index (χ2n) is 6.48. The van der Waals surface area contributed by atoms with E-state index in [0.717, 1.165) is 25.8 Å². The van der Waals surface area contributed by atoms with E-state index in [0.29, 0.717) is 18.6 Å². The van der Waals surface area contributed by atoms with Gasteiger partial charge in [-0.15, -0.1) is 0 Å². The second kappa shape index (κ2) is 5.29. The summed E-state index contributed by atoms with van der Waals surface area (Å²) in [5.74, 6) is 0. The van der Waals surface area contributed by atoms with E-state index in [1.165, 1.54) is 25.8 Å². The van der Waals surface area contributed by atoms with Gasteiger partial charge >= 0.3 is 6.03 Å². The molecule has 19 heavy (non-hydrogen) atoms. The number of nitrogens with one attached hydrogen (secondary N) is 2. The predicted octanol–water partition coefficient (Wildman–Crippen LogP) is 0.685. The van der Waals surface area contributed by atoms with E-state index in [-0.39, 0.29) is 18.1 Å². The summed E-state index contributed by atoms with van der Waals surface area (Å²) in [5, 5.41) is 15.3. The molecule has 0 aromatic carbocycles. The smallest absolute Gasteiger partial charge is 0.315 e. The number of amides is 2. The first-order valence-corrected chi connectivity index (χ1v) is 7.62. The first kappa shape index (κ1) is 13.2. The summed E-state index contributed by atoms with van der Waals surface area (Å²) in [6.07, 6.45) is 6.94. The normalized spacial score (nSPS) is 32.7. The molecule has 0 spiro atoms. The molecule has 0 aromatic heterocycles. The number of piperidine rings is 1. The molecule has 2 unspecified atom stereocenters. The number of carbonyl (C=O) groups excluding carboxylic acids is 1. The number of carbonyl (C=O) groups is 1. The fraction of sp³-hybridized carbons (Fsp3) is 0.929. The van der Waals surface area contributed by atoms with Crippen LogP contribution in [0.15, 0.2) is 0 Å². The Morgan fingerprint density at radius 1 is 1.26 bits per heavy atom. The van der Waals surface area contributed by atoms with Crippen LogP contribution in [0.1, 0.15) is 38.5 Å². The summed E-state index contributed by atoms with van der Waals surface area (Å²) in [4.78, 5) is 14.5. The minimum Gasteiger partial charge on any atom is -0.396 e. The minimum atomic E-state index is -0.0582. The van der Waals surface area contributed by atoms with Gasteiger partial charge in [0.05, 0.1) is 6.61 Å². The van der Waals surface area contributed by atoms with Crippen LogP contribution in [-0.2, 0) is 0 Å². The third-order valence-electron chi connectivity index (χ3n) is 5.09.